The molecular formula is C65H85N3O7. The zero-order valence-corrected chi connectivity index (χ0v) is 46.0. The summed E-state index contributed by atoms with van der Waals surface area (Å²) in [5.74, 6) is 6.94. The lowest BCUT2D eigenvalue weighted by atomic mass is 9.47. The molecule has 0 unspecified atom stereocenters. The third kappa shape index (κ3) is 15.0. The second kappa shape index (κ2) is 26.8. The lowest BCUT2D eigenvalue weighted by molar-refractivity contribution is -0.151. The van der Waals surface area contributed by atoms with Crippen LogP contribution < -0.4 is 14.2 Å². The fourth-order valence-electron chi connectivity index (χ4n) is 13.4. The smallest absolute Gasteiger partial charge is 0.338 e. The number of nitrogens with zero attached hydrogens (tertiary/aromatic N) is 3. The van der Waals surface area contributed by atoms with Gasteiger partial charge in [-0.3, -0.25) is 9.79 Å². The van der Waals surface area contributed by atoms with Gasteiger partial charge >= 0.3 is 11.9 Å². The lowest BCUT2D eigenvalue weighted by Gasteiger charge is -2.58. The quantitative estimate of drug-likeness (QED) is 0.0202. The highest BCUT2D eigenvalue weighted by atomic mass is 16.5. The van der Waals surface area contributed by atoms with Gasteiger partial charge in [0.2, 0.25) is 0 Å². The minimum absolute atomic E-state index is 0.00577. The predicted molar refractivity (Wildman–Crippen MR) is 300 cm³/mol. The molecule has 402 valence electrons. The number of esters is 2. The normalized spacial score (nSPS) is 24.5. The number of ether oxygens (including phenoxy) is 5. The second-order valence-corrected chi connectivity index (χ2v) is 23.1. The van der Waals surface area contributed by atoms with E-state index in [0.29, 0.717) is 37.2 Å². The van der Waals surface area contributed by atoms with E-state index < -0.39 is 0 Å². The summed E-state index contributed by atoms with van der Waals surface area (Å²) in [6.45, 7) is 14.1. The molecule has 3 saturated carbocycles. The van der Waals surface area contributed by atoms with Crippen LogP contribution in [0.3, 0.4) is 0 Å². The average molecular weight is 1020 g/mol. The zero-order chi connectivity index (χ0) is 52.6. The summed E-state index contributed by atoms with van der Waals surface area (Å²) in [6.07, 6.45) is 24.0. The van der Waals surface area contributed by atoms with Gasteiger partial charge in [0.05, 0.1) is 49.6 Å². The summed E-state index contributed by atoms with van der Waals surface area (Å²) in [4.78, 5) is 30.3. The average Bonchev–Trinajstić information content (AvgIpc) is 3.81. The van der Waals surface area contributed by atoms with Crippen molar-refractivity contribution in [1.29, 1.82) is 0 Å². The van der Waals surface area contributed by atoms with Crippen LogP contribution in [0.25, 0.3) is 0 Å². The first-order valence-corrected chi connectivity index (χ1v) is 28.6. The Balaban J connectivity index is 0.656. The Hall–Kier alpha value is -5.77. The minimum Gasteiger partial charge on any atom is -0.497 e. The molecule has 4 aromatic rings. The molecule has 4 aliphatic rings. The number of hydrogen-bond donors (Lipinski definition) is 0. The van der Waals surface area contributed by atoms with Gasteiger partial charge in [-0.25, -0.2) is 4.79 Å². The molecular weight excluding hydrogens is 935 g/mol. The van der Waals surface area contributed by atoms with E-state index in [1.54, 1.807) is 31.0 Å². The van der Waals surface area contributed by atoms with Crippen LogP contribution in [0.1, 0.15) is 166 Å². The number of aliphatic imine (C=N–C) groups is 1. The van der Waals surface area contributed by atoms with Crippen molar-refractivity contribution in [1.82, 2.24) is 0 Å². The van der Waals surface area contributed by atoms with Gasteiger partial charge in [0, 0.05) is 19.1 Å². The molecule has 0 bridgehead atoms. The van der Waals surface area contributed by atoms with Crippen molar-refractivity contribution >= 4 is 35.2 Å². The first-order chi connectivity index (χ1) is 36.4. The van der Waals surface area contributed by atoms with Crippen LogP contribution in [0, 0.1) is 46.3 Å². The van der Waals surface area contributed by atoms with Crippen LogP contribution in [0.15, 0.2) is 124 Å². The Morgan fingerprint density at radius 2 is 1.28 bits per heavy atom. The van der Waals surface area contributed by atoms with Crippen LogP contribution in [-0.4, -0.2) is 51.2 Å². The van der Waals surface area contributed by atoms with Gasteiger partial charge in [-0.05, 0) is 232 Å². The number of allylic oxidation sites excluding steroid dienone is 1. The molecule has 0 aromatic heterocycles. The summed E-state index contributed by atoms with van der Waals surface area (Å²) in [5, 5.41) is 8.55. The number of benzene rings is 4. The molecule has 0 amide bonds. The van der Waals surface area contributed by atoms with E-state index in [1.807, 2.05) is 84.9 Å². The van der Waals surface area contributed by atoms with Crippen molar-refractivity contribution in [2.75, 3.05) is 26.9 Å². The molecule has 0 N–H and O–H groups in total. The highest BCUT2D eigenvalue weighted by molar-refractivity contribution is 5.90. The SMILES string of the molecule is COc1ccc(N=Nc2ccc(OCCCCCCOC(=O)c3ccc(N=Cc4ccc(OCCCCC(=O)O[C@H]5CC[C@@]6(C)C(=CC[C@H]7[C@@H]8CC[C@H]([C@H](C)CCCC(C)C)[C@@]8(C)CC[C@@H]76)C5)cc4)cc3)cc2)cc1. The topological polar surface area (TPSA) is 117 Å². The summed E-state index contributed by atoms with van der Waals surface area (Å²) >= 11 is 0. The molecule has 0 radical (unpaired) electrons. The van der Waals surface area contributed by atoms with E-state index in [4.69, 9.17) is 23.7 Å². The van der Waals surface area contributed by atoms with Gasteiger partial charge in [-0.1, -0.05) is 65.5 Å². The first-order valence-electron chi connectivity index (χ1n) is 28.6. The minimum atomic E-state index is -0.334. The number of rotatable bonds is 26. The molecule has 10 heteroatoms. The van der Waals surface area contributed by atoms with Crippen LogP contribution in [0.4, 0.5) is 17.1 Å². The van der Waals surface area contributed by atoms with Crippen molar-refractivity contribution in [3.63, 3.8) is 0 Å². The number of hydrogen-bond acceptors (Lipinski definition) is 10. The zero-order valence-electron chi connectivity index (χ0n) is 46.0. The molecule has 3 fully saturated rings. The van der Waals surface area contributed by atoms with Gasteiger partial charge in [-0.2, -0.15) is 10.2 Å². The maximum absolute atomic E-state index is 13.0. The molecule has 75 heavy (non-hydrogen) atoms. The van der Waals surface area contributed by atoms with Crippen LogP contribution in [0.5, 0.6) is 17.2 Å². The monoisotopic (exact) mass is 1020 g/mol. The Bertz CT molecular complexity index is 2520. The largest absolute Gasteiger partial charge is 0.497 e. The summed E-state index contributed by atoms with van der Waals surface area (Å²) in [5.41, 5.74) is 6.03. The summed E-state index contributed by atoms with van der Waals surface area (Å²) < 4.78 is 28.7. The Labute approximate surface area is 448 Å². The van der Waals surface area contributed by atoms with Crippen molar-refractivity contribution < 1.29 is 33.3 Å². The standard InChI is InChI=1S/C65H85N3O7/c1-46(2)14-13-15-47(3)59-35-36-60-58-34-21-50-44-57(37-39-64(50,4)61(58)38-40-65(59,60)5)75-62(69)16-9-12-42-73-55-28-17-48(18-29-55)45-66-51-22-19-49(20-23-51)63(70)74-43-11-8-7-10-41-72-56-32-26-53(27-33-56)68-67-52-24-30-54(71-6)31-25-52/h17-33,45-47,57-61H,7-16,34-44H2,1-6H3/t47-,57+,58+,59-,60+,61+,64+,65-/m1/s1. The molecule has 0 saturated heterocycles. The van der Waals surface area contributed by atoms with Crippen LogP contribution in [-0.2, 0) is 14.3 Å². The highest BCUT2D eigenvalue weighted by Crippen LogP contribution is 2.67. The fraction of sp³-hybridized carbons (Fsp3) is 0.554. The van der Waals surface area contributed by atoms with E-state index in [0.717, 1.165) is 133 Å². The van der Waals surface area contributed by atoms with Crippen molar-refractivity contribution in [3.05, 3.63) is 120 Å². The van der Waals surface area contributed by atoms with Crippen LogP contribution >= 0.6 is 0 Å². The van der Waals surface area contributed by atoms with Gasteiger partial charge in [0.15, 0.2) is 0 Å². The third-order valence-electron chi connectivity index (χ3n) is 17.7. The van der Waals surface area contributed by atoms with Gasteiger partial charge in [-0.15, -0.1) is 0 Å². The predicted octanol–water partition coefficient (Wildman–Crippen LogP) is 17.2. The maximum atomic E-state index is 13.0. The lowest BCUT2D eigenvalue weighted by Crippen LogP contribution is -2.51. The van der Waals surface area contributed by atoms with E-state index in [-0.39, 0.29) is 23.5 Å². The highest BCUT2D eigenvalue weighted by Gasteiger charge is 2.59. The van der Waals surface area contributed by atoms with Crippen molar-refractivity contribution in [2.45, 2.75) is 156 Å². The summed E-state index contributed by atoms with van der Waals surface area (Å²) in [7, 11) is 1.63. The van der Waals surface area contributed by atoms with E-state index in [9.17, 15) is 9.59 Å². The molecule has 10 nitrogen and oxygen atoms in total. The van der Waals surface area contributed by atoms with E-state index >= 15 is 0 Å². The Morgan fingerprint density at radius 1 is 0.653 bits per heavy atom. The van der Waals surface area contributed by atoms with Gasteiger partial charge < -0.3 is 23.7 Å². The molecule has 8 atom stereocenters. The van der Waals surface area contributed by atoms with Crippen molar-refractivity contribution in [2.24, 2.45) is 61.6 Å². The summed E-state index contributed by atoms with van der Waals surface area (Å²) in [6, 6.07) is 29.9. The Morgan fingerprint density at radius 3 is 1.95 bits per heavy atom. The number of unbranched alkanes of at least 4 members (excludes halogenated alkanes) is 4. The number of methoxy groups -OCH3 is 1. The van der Waals surface area contributed by atoms with Crippen LogP contribution in [0.2, 0.25) is 0 Å². The molecule has 4 aromatic carbocycles. The molecule has 0 spiro atoms. The Kier molecular flexibility index (Phi) is 19.8. The molecule has 8 rings (SSSR count). The number of carbonyl (C=O) groups excluding carboxylic acids is 2. The molecule has 4 aliphatic carbocycles. The molecule has 0 aliphatic heterocycles. The first kappa shape index (κ1) is 55.5. The van der Waals surface area contributed by atoms with E-state index in [2.05, 4.69) is 55.9 Å². The second-order valence-electron chi connectivity index (χ2n) is 23.1. The van der Waals surface area contributed by atoms with Gasteiger partial charge in [0.1, 0.15) is 23.4 Å². The number of fused-ring (bicyclic) bond motifs is 5. The maximum Gasteiger partial charge on any atom is 0.338 e. The number of carbonyl (C=O) groups is 2. The molecule has 0 heterocycles. The fourth-order valence-corrected chi connectivity index (χ4v) is 13.4. The van der Waals surface area contributed by atoms with E-state index in [1.165, 1.54) is 51.4 Å². The van der Waals surface area contributed by atoms with Gasteiger partial charge in [0.25, 0.3) is 0 Å². The van der Waals surface area contributed by atoms with Crippen molar-refractivity contribution in [3.8, 4) is 17.2 Å². The number of azo groups is 1. The third-order valence-corrected chi connectivity index (χ3v) is 17.7.